The average Bonchev–Trinajstić information content (AvgIpc) is 2.07. The molecule has 1 rings (SSSR count). The fourth-order valence-corrected chi connectivity index (χ4v) is 1.30. The van der Waals surface area contributed by atoms with Crippen molar-refractivity contribution in [1.29, 1.82) is 0 Å². The normalized spacial score (nSPS) is 10.2. The van der Waals surface area contributed by atoms with Crippen LogP contribution in [0.2, 0.25) is 0 Å². The van der Waals surface area contributed by atoms with Gasteiger partial charge in [0.15, 0.2) is 0 Å². The summed E-state index contributed by atoms with van der Waals surface area (Å²) in [7, 11) is 0. The fraction of sp³-hybridized carbons (Fsp3) is 0.250. The maximum absolute atomic E-state index is 12.7. The molecule has 1 aromatic rings. The zero-order valence-corrected chi connectivity index (χ0v) is 7.97. The number of halogens is 2. The fourth-order valence-electron chi connectivity index (χ4n) is 0.872. The number of nitrogens with two attached hydrogens (primary N) is 1. The molecule has 0 aliphatic heterocycles. The highest BCUT2D eigenvalue weighted by atomic mass is 79.9. The molecule has 4 heteroatoms. The topological polar surface area (TPSA) is 35.2 Å². The molecule has 0 aromatic heterocycles. The van der Waals surface area contributed by atoms with Gasteiger partial charge in [0.1, 0.15) is 5.82 Å². The molecule has 66 valence electrons. The Labute approximate surface area is 78.6 Å². The summed E-state index contributed by atoms with van der Waals surface area (Å²) in [5, 5.41) is 0. The van der Waals surface area contributed by atoms with Crippen molar-refractivity contribution in [2.24, 2.45) is 5.90 Å². The molecule has 0 spiro atoms. The van der Waals surface area contributed by atoms with E-state index in [1.165, 1.54) is 6.07 Å². The van der Waals surface area contributed by atoms with Crippen molar-refractivity contribution in [3.8, 4) is 0 Å². The second-order valence-electron chi connectivity index (χ2n) is 2.37. The molecule has 0 aliphatic rings. The Bertz CT molecular complexity index is 267. The smallest absolute Gasteiger partial charge is 0.137 e. The van der Waals surface area contributed by atoms with E-state index in [1.54, 1.807) is 12.1 Å². The summed E-state index contributed by atoms with van der Waals surface area (Å²) in [6.45, 7) is 0.443. The van der Waals surface area contributed by atoms with E-state index in [0.717, 1.165) is 5.56 Å². The highest BCUT2D eigenvalue weighted by Gasteiger charge is 1.99. The zero-order chi connectivity index (χ0) is 8.97. The molecule has 0 radical (unpaired) electrons. The molecule has 0 unspecified atom stereocenters. The van der Waals surface area contributed by atoms with Crippen molar-refractivity contribution in [2.75, 3.05) is 6.61 Å². The zero-order valence-electron chi connectivity index (χ0n) is 6.39. The van der Waals surface area contributed by atoms with Gasteiger partial charge in [-0.3, -0.25) is 0 Å². The minimum absolute atomic E-state index is 0.257. The molecular formula is C8H9BrFNO. The third-order valence-corrected chi connectivity index (χ3v) is 2.10. The summed E-state index contributed by atoms with van der Waals surface area (Å²) >= 11 is 3.09. The van der Waals surface area contributed by atoms with Crippen molar-refractivity contribution >= 4 is 15.9 Å². The van der Waals surface area contributed by atoms with Crippen LogP contribution in [0, 0.1) is 5.82 Å². The van der Waals surface area contributed by atoms with Crippen LogP contribution in [0.4, 0.5) is 4.39 Å². The summed E-state index contributed by atoms with van der Waals surface area (Å²) in [6.07, 6.45) is 0.690. The van der Waals surface area contributed by atoms with Crippen LogP contribution in [0.5, 0.6) is 0 Å². The first-order valence-corrected chi connectivity index (χ1v) is 4.29. The molecular weight excluding hydrogens is 225 g/mol. The summed E-state index contributed by atoms with van der Waals surface area (Å²) < 4.78 is 13.2. The van der Waals surface area contributed by atoms with Gasteiger partial charge in [-0.05, 0) is 40.0 Å². The van der Waals surface area contributed by atoms with E-state index < -0.39 is 0 Å². The van der Waals surface area contributed by atoms with E-state index in [2.05, 4.69) is 20.8 Å². The van der Waals surface area contributed by atoms with Gasteiger partial charge in [-0.25, -0.2) is 10.3 Å². The van der Waals surface area contributed by atoms with Gasteiger partial charge in [0, 0.05) is 0 Å². The van der Waals surface area contributed by atoms with Crippen molar-refractivity contribution in [2.45, 2.75) is 6.42 Å². The highest BCUT2D eigenvalue weighted by Crippen LogP contribution is 2.16. The van der Waals surface area contributed by atoms with Gasteiger partial charge < -0.3 is 4.84 Å². The van der Waals surface area contributed by atoms with Gasteiger partial charge in [0.2, 0.25) is 0 Å². The predicted molar refractivity (Wildman–Crippen MR) is 47.9 cm³/mol. The van der Waals surface area contributed by atoms with E-state index in [-0.39, 0.29) is 5.82 Å². The number of benzene rings is 1. The van der Waals surface area contributed by atoms with Crippen molar-refractivity contribution in [3.05, 3.63) is 34.1 Å². The first-order valence-electron chi connectivity index (χ1n) is 3.49. The number of rotatable bonds is 3. The molecule has 12 heavy (non-hydrogen) atoms. The maximum atomic E-state index is 12.7. The van der Waals surface area contributed by atoms with Crippen LogP contribution < -0.4 is 5.90 Å². The summed E-state index contributed by atoms with van der Waals surface area (Å²) in [6, 6.07) is 4.84. The van der Waals surface area contributed by atoms with E-state index >= 15 is 0 Å². The molecule has 2 nitrogen and oxygen atoms in total. The Morgan fingerprint density at radius 3 is 2.83 bits per heavy atom. The second-order valence-corrected chi connectivity index (χ2v) is 3.22. The van der Waals surface area contributed by atoms with Gasteiger partial charge >= 0.3 is 0 Å². The Kier molecular flexibility index (Phi) is 3.65. The third-order valence-electron chi connectivity index (χ3n) is 1.49. The number of hydrogen-bond acceptors (Lipinski definition) is 2. The molecule has 2 N–H and O–H groups in total. The minimum atomic E-state index is -0.257. The van der Waals surface area contributed by atoms with Gasteiger partial charge in [-0.2, -0.15) is 0 Å². The van der Waals surface area contributed by atoms with Crippen LogP contribution in [-0.4, -0.2) is 6.61 Å². The molecule has 0 atom stereocenters. The SMILES string of the molecule is NOCCc1ccc(F)c(Br)c1. The van der Waals surface area contributed by atoms with Crippen LogP contribution in [0.3, 0.4) is 0 Å². The first-order chi connectivity index (χ1) is 5.74. The van der Waals surface area contributed by atoms with Gasteiger partial charge in [-0.1, -0.05) is 6.07 Å². The summed E-state index contributed by atoms with van der Waals surface area (Å²) in [5.41, 5.74) is 0.994. The molecule has 0 saturated carbocycles. The van der Waals surface area contributed by atoms with Crippen molar-refractivity contribution in [1.82, 2.24) is 0 Å². The monoisotopic (exact) mass is 233 g/mol. The number of hydrogen-bond donors (Lipinski definition) is 1. The van der Waals surface area contributed by atoms with Crippen molar-refractivity contribution in [3.63, 3.8) is 0 Å². The Morgan fingerprint density at radius 1 is 1.50 bits per heavy atom. The predicted octanol–water partition coefficient (Wildman–Crippen LogP) is 2.02. The van der Waals surface area contributed by atoms with E-state index in [4.69, 9.17) is 5.90 Å². The molecule has 0 aliphatic carbocycles. The lowest BCUT2D eigenvalue weighted by molar-refractivity contribution is 0.141. The van der Waals surface area contributed by atoms with Gasteiger partial charge in [0.25, 0.3) is 0 Å². The Morgan fingerprint density at radius 2 is 2.25 bits per heavy atom. The third kappa shape index (κ3) is 2.55. The van der Waals surface area contributed by atoms with Crippen LogP contribution in [0.1, 0.15) is 5.56 Å². The molecule has 0 saturated heterocycles. The lowest BCUT2D eigenvalue weighted by Gasteiger charge is -2.00. The van der Waals surface area contributed by atoms with E-state index in [1.807, 2.05) is 0 Å². The molecule has 0 bridgehead atoms. The van der Waals surface area contributed by atoms with Crippen LogP contribution in [0.15, 0.2) is 22.7 Å². The highest BCUT2D eigenvalue weighted by molar-refractivity contribution is 9.10. The van der Waals surface area contributed by atoms with Gasteiger partial charge in [-0.15, -0.1) is 0 Å². The Hall–Kier alpha value is -0.450. The first kappa shape index (κ1) is 9.64. The summed E-state index contributed by atoms with van der Waals surface area (Å²) in [5.74, 6) is 4.60. The molecule has 0 heterocycles. The lowest BCUT2D eigenvalue weighted by Crippen LogP contribution is -2.03. The van der Waals surface area contributed by atoms with Gasteiger partial charge in [0.05, 0.1) is 11.1 Å². The average molecular weight is 234 g/mol. The van der Waals surface area contributed by atoms with Crippen LogP contribution in [-0.2, 0) is 11.3 Å². The maximum Gasteiger partial charge on any atom is 0.137 e. The largest absolute Gasteiger partial charge is 0.304 e. The Balaban J connectivity index is 2.69. The molecule has 0 amide bonds. The van der Waals surface area contributed by atoms with Crippen molar-refractivity contribution < 1.29 is 9.23 Å². The molecule has 1 aromatic carbocycles. The lowest BCUT2D eigenvalue weighted by atomic mass is 10.2. The second kappa shape index (κ2) is 4.54. The van der Waals surface area contributed by atoms with Crippen LogP contribution >= 0.6 is 15.9 Å². The summed E-state index contributed by atoms with van der Waals surface area (Å²) in [4.78, 5) is 4.41. The standard InChI is InChI=1S/C8H9BrFNO/c9-7-5-6(3-4-12-11)1-2-8(7)10/h1-2,5H,3-4,11H2. The van der Waals surface area contributed by atoms with E-state index in [0.29, 0.717) is 17.5 Å². The minimum Gasteiger partial charge on any atom is -0.304 e. The molecule has 0 fully saturated rings. The quantitative estimate of drug-likeness (QED) is 0.812. The van der Waals surface area contributed by atoms with E-state index in [9.17, 15) is 4.39 Å². The van der Waals surface area contributed by atoms with Crippen LogP contribution in [0.25, 0.3) is 0 Å².